The Labute approximate surface area is 193 Å². The van der Waals surface area contributed by atoms with Gasteiger partial charge in [-0.3, -0.25) is 25.2 Å². The van der Waals surface area contributed by atoms with E-state index in [1.807, 2.05) is 30.3 Å². The number of amides is 3. The van der Waals surface area contributed by atoms with E-state index in [9.17, 15) is 14.4 Å². The van der Waals surface area contributed by atoms with E-state index < -0.39 is 11.8 Å². The Kier molecular flexibility index (Phi) is 6.81. The highest BCUT2D eigenvalue weighted by Crippen LogP contribution is 2.16. The van der Waals surface area contributed by atoms with E-state index >= 15 is 0 Å². The van der Waals surface area contributed by atoms with Crippen LogP contribution in [-0.2, 0) is 6.61 Å². The normalized spacial score (nSPS) is 10.3. The van der Waals surface area contributed by atoms with Crippen LogP contribution in [0, 0.1) is 0 Å². The van der Waals surface area contributed by atoms with E-state index in [4.69, 9.17) is 9.15 Å². The smallest absolute Gasteiger partial charge is 0.305 e. The van der Waals surface area contributed by atoms with Gasteiger partial charge in [-0.05, 0) is 53.9 Å². The van der Waals surface area contributed by atoms with Gasteiger partial charge in [0.2, 0.25) is 0 Å². The standard InChI is InChI=1S/C24H19N3O5S/c28-22(16-6-4-7-17(14-16)25-24(30)21-10-5-13-33-21)26-27-23(29)20-12-11-19(32-20)15-31-18-8-2-1-3-9-18/h1-14H,15H2,(H,25,30)(H,26,28)(H,27,29). The molecule has 0 saturated heterocycles. The number of furan rings is 1. The molecule has 4 rings (SSSR count). The Morgan fingerprint density at radius 3 is 2.42 bits per heavy atom. The first-order chi connectivity index (χ1) is 16.1. The summed E-state index contributed by atoms with van der Waals surface area (Å²) in [6, 6.07) is 22.2. The molecular formula is C24H19N3O5S. The number of anilines is 1. The van der Waals surface area contributed by atoms with Gasteiger partial charge in [-0.15, -0.1) is 11.3 Å². The fourth-order valence-corrected chi connectivity index (χ4v) is 3.45. The minimum absolute atomic E-state index is 0.0268. The molecule has 0 saturated carbocycles. The summed E-state index contributed by atoms with van der Waals surface area (Å²) in [4.78, 5) is 37.5. The summed E-state index contributed by atoms with van der Waals surface area (Å²) in [5.41, 5.74) is 5.36. The second kappa shape index (κ2) is 10.3. The van der Waals surface area contributed by atoms with Gasteiger partial charge in [0, 0.05) is 11.3 Å². The van der Waals surface area contributed by atoms with Crippen LogP contribution in [0.15, 0.2) is 88.7 Å². The molecule has 0 unspecified atom stereocenters. The van der Waals surface area contributed by atoms with E-state index in [0.717, 1.165) is 0 Å². The van der Waals surface area contributed by atoms with Gasteiger partial charge < -0.3 is 14.5 Å². The lowest BCUT2D eigenvalue weighted by atomic mass is 10.2. The molecule has 2 aromatic heterocycles. The van der Waals surface area contributed by atoms with Gasteiger partial charge in [0.1, 0.15) is 18.1 Å². The zero-order chi connectivity index (χ0) is 23.0. The highest BCUT2D eigenvalue weighted by Gasteiger charge is 2.14. The predicted octanol–water partition coefficient (Wildman–Crippen LogP) is 4.25. The summed E-state index contributed by atoms with van der Waals surface area (Å²) in [5.74, 6) is -0.253. The van der Waals surface area contributed by atoms with Crippen LogP contribution in [0.5, 0.6) is 5.75 Å². The van der Waals surface area contributed by atoms with Crippen molar-refractivity contribution >= 4 is 34.7 Å². The van der Waals surface area contributed by atoms with Crippen molar-refractivity contribution in [3.8, 4) is 5.75 Å². The van der Waals surface area contributed by atoms with Gasteiger partial charge in [0.15, 0.2) is 5.76 Å². The maximum atomic E-state index is 12.4. The van der Waals surface area contributed by atoms with Crippen molar-refractivity contribution in [2.24, 2.45) is 0 Å². The largest absolute Gasteiger partial charge is 0.486 e. The first-order valence-corrected chi connectivity index (χ1v) is 10.8. The van der Waals surface area contributed by atoms with Crippen molar-refractivity contribution in [3.05, 3.63) is 106 Å². The minimum atomic E-state index is -0.614. The molecule has 166 valence electrons. The summed E-state index contributed by atoms with van der Waals surface area (Å²) < 4.78 is 11.0. The summed E-state index contributed by atoms with van der Waals surface area (Å²) in [6.07, 6.45) is 0. The van der Waals surface area contributed by atoms with Crippen molar-refractivity contribution in [2.75, 3.05) is 5.32 Å². The third kappa shape index (κ3) is 5.86. The van der Waals surface area contributed by atoms with Crippen molar-refractivity contribution in [1.29, 1.82) is 0 Å². The van der Waals surface area contributed by atoms with Crippen molar-refractivity contribution in [2.45, 2.75) is 6.61 Å². The van der Waals surface area contributed by atoms with E-state index in [-0.39, 0.29) is 23.8 Å². The van der Waals surface area contributed by atoms with Crippen LogP contribution in [0.4, 0.5) is 5.69 Å². The number of benzene rings is 2. The Morgan fingerprint density at radius 1 is 0.818 bits per heavy atom. The molecule has 8 nitrogen and oxygen atoms in total. The number of rotatable bonds is 7. The molecule has 2 aromatic carbocycles. The monoisotopic (exact) mass is 461 g/mol. The molecule has 0 spiro atoms. The number of hydrogen-bond acceptors (Lipinski definition) is 6. The number of carbonyl (C=O) groups excluding carboxylic acids is 3. The van der Waals surface area contributed by atoms with Crippen LogP contribution in [0.2, 0.25) is 0 Å². The Hall–Kier alpha value is -4.37. The molecule has 3 amide bonds. The molecule has 4 aromatic rings. The average Bonchev–Trinajstić information content (AvgIpc) is 3.54. The Morgan fingerprint density at radius 2 is 1.64 bits per heavy atom. The minimum Gasteiger partial charge on any atom is -0.486 e. The van der Waals surface area contributed by atoms with E-state index in [1.54, 1.807) is 41.8 Å². The lowest BCUT2D eigenvalue weighted by Crippen LogP contribution is -2.41. The number of hydrazine groups is 1. The van der Waals surface area contributed by atoms with Crippen LogP contribution in [0.25, 0.3) is 0 Å². The third-order valence-corrected chi connectivity index (χ3v) is 5.30. The number of hydrogen-bond donors (Lipinski definition) is 3. The van der Waals surface area contributed by atoms with Gasteiger partial charge in [0.05, 0.1) is 4.88 Å². The lowest BCUT2D eigenvalue weighted by molar-refractivity contribution is 0.0828. The van der Waals surface area contributed by atoms with Gasteiger partial charge >= 0.3 is 5.91 Å². The van der Waals surface area contributed by atoms with Crippen molar-refractivity contribution < 1.29 is 23.5 Å². The molecule has 0 bridgehead atoms. The molecule has 0 fully saturated rings. The summed E-state index contributed by atoms with van der Waals surface area (Å²) in [7, 11) is 0. The van der Waals surface area contributed by atoms with Gasteiger partial charge in [-0.2, -0.15) is 0 Å². The number of carbonyl (C=O) groups is 3. The first kappa shape index (κ1) is 21.8. The molecule has 0 radical (unpaired) electrons. The highest BCUT2D eigenvalue weighted by molar-refractivity contribution is 7.12. The molecular weight excluding hydrogens is 442 g/mol. The van der Waals surface area contributed by atoms with Gasteiger partial charge in [0.25, 0.3) is 11.8 Å². The van der Waals surface area contributed by atoms with Crippen LogP contribution in [0.3, 0.4) is 0 Å². The number of ether oxygens (including phenoxy) is 1. The van der Waals surface area contributed by atoms with E-state index in [0.29, 0.717) is 22.1 Å². The quantitative estimate of drug-likeness (QED) is 0.357. The second-order valence-corrected chi connectivity index (χ2v) is 7.74. The topological polar surface area (TPSA) is 110 Å². The molecule has 33 heavy (non-hydrogen) atoms. The lowest BCUT2D eigenvalue weighted by Gasteiger charge is -2.08. The Bertz CT molecular complexity index is 1250. The predicted molar refractivity (Wildman–Crippen MR) is 123 cm³/mol. The summed E-state index contributed by atoms with van der Waals surface area (Å²) >= 11 is 1.32. The summed E-state index contributed by atoms with van der Waals surface area (Å²) in [6.45, 7) is 0.160. The van der Waals surface area contributed by atoms with Crippen LogP contribution < -0.4 is 20.9 Å². The second-order valence-electron chi connectivity index (χ2n) is 6.79. The molecule has 0 aliphatic carbocycles. The zero-order valence-corrected chi connectivity index (χ0v) is 18.1. The SMILES string of the molecule is O=C(NNC(=O)c1ccc(COc2ccccc2)o1)c1cccc(NC(=O)c2cccs2)c1. The van der Waals surface area contributed by atoms with Crippen LogP contribution in [-0.4, -0.2) is 17.7 Å². The van der Waals surface area contributed by atoms with Gasteiger partial charge in [-0.25, -0.2) is 0 Å². The zero-order valence-electron chi connectivity index (χ0n) is 17.2. The Balaban J connectivity index is 1.29. The van der Waals surface area contributed by atoms with E-state index in [2.05, 4.69) is 16.2 Å². The fourth-order valence-electron chi connectivity index (χ4n) is 2.83. The molecule has 0 aliphatic rings. The van der Waals surface area contributed by atoms with Gasteiger partial charge in [-0.1, -0.05) is 30.3 Å². The molecule has 2 heterocycles. The number of nitrogens with one attached hydrogen (secondary N) is 3. The molecule has 0 aliphatic heterocycles. The average molecular weight is 461 g/mol. The fraction of sp³-hybridized carbons (Fsp3) is 0.0417. The van der Waals surface area contributed by atoms with Crippen molar-refractivity contribution in [3.63, 3.8) is 0 Å². The van der Waals surface area contributed by atoms with E-state index in [1.165, 1.54) is 23.5 Å². The maximum absolute atomic E-state index is 12.4. The third-order valence-electron chi connectivity index (χ3n) is 4.43. The molecule has 3 N–H and O–H groups in total. The molecule has 9 heteroatoms. The van der Waals surface area contributed by atoms with Crippen LogP contribution in [0.1, 0.15) is 36.3 Å². The molecule has 0 atom stereocenters. The number of thiophene rings is 1. The van der Waals surface area contributed by atoms with Crippen LogP contribution >= 0.6 is 11.3 Å². The highest BCUT2D eigenvalue weighted by atomic mass is 32.1. The first-order valence-electron chi connectivity index (χ1n) is 9.90. The summed E-state index contributed by atoms with van der Waals surface area (Å²) in [5, 5.41) is 4.54. The number of para-hydroxylation sites is 1. The maximum Gasteiger partial charge on any atom is 0.305 e. The van der Waals surface area contributed by atoms with Crippen molar-refractivity contribution in [1.82, 2.24) is 10.9 Å².